The Labute approximate surface area is 110 Å². The summed E-state index contributed by atoms with van der Waals surface area (Å²) in [6.45, 7) is 0.149. The van der Waals surface area contributed by atoms with E-state index in [-0.39, 0.29) is 18.1 Å². The van der Waals surface area contributed by atoms with Crippen molar-refractivity contribution in [3.8, 4) is 5.75 Å². The van der Waals surface area contributed by atoms with E-state index in [1.54, 1.807) is 41.2 Å². The van der Waals surface area contributed by atoms with E-state index in [1.165, 1.54) is 18.3 Å². The Morgan fingerprint density at radius 2 is 2.16 bits per heavy atom. The van der Waals surface area contributed by atoms with Gasteiger partial charge < -0.3 is 10.3 Å². The van der Waals surface area contributed by atoms with Crippen LogP contribution >= 0.6 is 0 Å². The highest BCUT2D eigenvalue weighted by molar-refractivity contribution is 5.95. The summed E-state index contributed by atoms with van der Waals surface area (Å²) in [5.74, 6) is -0.0454. The first-order chi connectivity index (χ1) is 9.19. The molecule has 0 fully saturated rings. The van der Waals surface area contributed by atoms with E-state index in [2.05, 4.69) is 5.16 Å². The second kappa shape index (κ2) is 5.77. The molecule has 0 amide bonds. The molecule has 0 atom stereocenters. The Hall–Kier alpha value is -2.69. The van der Waals surface area contributed by atoms with Crippen LogP contribution in [0.15, 0.2) is 53.9 Å². The number of pyridine rings is 1. The lowest BCUT2D eigenvalue weighted by Gasteiger charge is -1.99. The molecule has 0 unspecified atom stereocenters. The normalized spacial score (nSPS) is 10.7. The van der Waals surface area contributed by atoms with Crippen molar-refractivity contribution in [2.75, 3.05) is 0 Å². The van der Waals surface area contributed by atoms with Gasteiger partial charge in [0.25, 0.3) is 0 Å². The molecule has 0 radical (unpaired) electrons. The molecule has 0 saturated heterocycles. The Bertz CT molecular complexity index is 624. The maximum absolute atomic E-state index is 12.0. The smallest absolute Gasteiger partial charge is 0.227 e. The van der Waals surface area contributed by atoms with Crippen molar-refractivity contribution in [1.82, 2.24) is 0 Å². The van der Waals surface area contributed by atoms with Crippen molar-refractivity contribution in [1.29, 1.82) is 0 Å². The molecule has 1 aromatic heterocycles. The minimum absolute atomic E-state index is 0.0667. The summed E-state index contributed by atoms with van der Waals surface area (Å²) in [6, 6.07) is 9.75. The first-order valence-corrected chi connectivity index (χ1v) is 5.68. The van der Waals surface area contributed by atoms with Gasteiger partial charge in [-0.05, 0) is 18.2 Å². The predicted molar refractivity (Wildman–Crippen MR) is 68.5 cm³/mol. The van der Waals surface area contributed by atoms with Crippen LogP contribution in [0.4, 0.5) is 0 Å². The number of hydrogen-bond donors (Lipinski definition) is 2. The van der Waals surface area contributed by atoms with Crippen molar-refractivity contribution in [2.24, 2.45) is 5.16 Å². The number of Topliss-reactive ketones (excluding diaryl/α,β-unsaturated/α-hetero) is 1. The predicted octanol–water partition coefficient (Wildman–Crippen LogP) is 1.37. The van der Waals surface area contributed by atoms with Crippen molar-refractivity contribution in [2.45, 2.75) is 6.54 Å². The summed E-state index contributed by atoms with van der Waals surface area (Å²) in [4.78, 5) is 12.0. The molecule has 0 aliphatic rings. The molecule has 96 valence electrons. The van der Waals surface area contributed by atoms with E-state index >= 15 is 0 Å². The van der Waals surface area contributed by atoms with Gasteiger partial charge in [0.2, 0.25) is 12.3 Å². The molecule has 2 aromatic rings. The van der Waals surface area contributed by atoms with Gasteiger partial charge >= 0.3 is 0 Å². The third-order valence-electron chi connectivity index (χ3n) is 2.58. The van der Waals surface area contributed by atoms with Crippen LogP contribution in [0.25, 0.3) is 0 Å². The van der Waals surface area contributed by atoms with Crippen LogP contribution in [0.3, 0.4) is 0 Å². The standard InChI is InChI=1S/C14H12N2O3/c17-13-5-1-4-12(7-13)14(18)10-16-6-2-3-11(9-16)8-15-19/h1-9H,10H2,(H-,17,19)/p+1. The molecule has 1 heterocycles. The molecule has 5 nitrogen and oxygen atoms in total. The molecule has 0 aliphatic carbocycles. The minimum Gasteiger partial charge on any atom is -0.508 e. The van der Waals surface area contributed by atoms with Crippen LogP contribution < -0.4 is 4.57 Å². The van der Waals surface area contributed by atoms with Crippen LogP contribution in [-0.4, -0.2) is 22.3 Å². The topological polar surface area (TPSA) is 73.8 Å². The second-order valence-corrected chi connectivity index (χ2v) is 4.03. The lowest BCUT2D eigenvalue weighted by atomic mass is 10.1. The molecule has 2 rings (SSSR count). The number of carbonyl (C=O) groups excluding carboxylic acids is 1. The summed E-state index contributed by atoms with van der Waals surface area (Å²) < 4.78 is 1.68. The number of rotatable bonds is 4. The summed E-state index contributed by atoms with van der Waals surface area (Å²) >= 11 is 0. The SMILES string of the molecule is O=C(C[n+]1cccc(C=NO)c1)c1cccc(O)c1. The van der Waals surface area contributed by atoms with E-state index in [4.69, 9.17) is 5.21 Å². The quantitative estimate of drug-likeness (QED) is 0.285. The van der Waals surface area contributed by atoms with E-state index in [9.17, 15) is 9.90 Å². The van der Waals surface area contributed by atoms with Gasteiger partial charge in [0.1, 0.15) is 5.75 Å². The average Bonchev–Trinajstić information content (AvgIpc) is 2.39. The number of phenols is 1. The zero-order valence-corrected chi connectivity index (χ0v) is 10.1. The number of benzene rings is 1. The van der Waals surface area contributed by atoms with Crippen molar-refractivity contribution >= 4 is 12.0 Å². The van der Waals surface area contributed by atoms with Gasteiger partial charge in [-0.2, -0.15) is 4.57 Å². The highest BCUT2D eigenvalue weighted by Crippen LogP contribution is 2.11. The molecular formula is C14H13N2O3+. The zero-order chi connectivity index (χ0) is 13.7. The van der Waals surface area contributed by atoms with E-state index in [1.807, 2.05) is 0 Å². The molecule has 0 spiro atoms. The fraction of sp³-hybridized carbons (Fsp3) is 0.0714. The maximum atomic E-state index is 12.0. The van der Waals surface area contributed by atoms with Crippen LogP contribution in [0.1, 0.15) is 15.9 Å². The lowest BCUT2D eigenvalue weighted by Crippen LogP contribution is -2.37. The molecule has 5 heteroatoms. The molecule has 0 saturated carbocycles. The summed E-state index contributed by atoms with van der Waals surface area (Å²) in [7, 11) is 0. The van der Waals surface area contributed by atoms with Gasteiger partial charge in [0, 0.05) is 11.6 Å². The summed E-state index contributed by atoms with van der Waals surface area (Å²) in [5, 5.41) is 20.7. The van der Waals surface area contributed by atoms with Crippen LogP contribution in [0, 0.1) is 0 Å². The first kappa shape index (κ1) is 12.8. The van der Waals surface area contributed by atoms with E-state index < -0.39 is 0 Å². The van der Waals surface area contributed by atoms with Gasteiger partial charge in [-0.3, -0.25) is 4.79 Å². The number of aromatic nitrogens is 1. The van der Waals surface area contributed by atoms with Gasteiger partial charge in [-0.25, -0.2) is 0 Å². The molecule has 19 heavy (non-hydrogen) atoms. The molecule has 2 N–H and O–H groups in total. The van der Waals surface area contributed by atoms with Gasteiger partial charge in [-0.1, -0.05) is 17.3 Å². The Kier molecular flexibility index (Phi) is 3.87. The highest BCUT2D eigenvalue weighted by Gasteiger charge is 2.12. The number of phenolic OH excluding ortho intramolecular Hbond substituents is 1. The maximum Gasteiger partial charge on any atom is 0.227 e. The molecular weight excluding hydrogens is 244 g/mol. The Morgan fingerprint density at radius 3 is 2.89 bits per heavy atom. The van der Waals surface area contributed by atoms with Crippen molar-refractivity contribution < 1.29 is 19.7 Å². The number of hydrogen-bond acceptors (Lipinski definition) is 4. The number of aromatic hydroxyl groups is 1. The van der Waals surface area contributed by atoms with Crippen LogP contribution in [0.5, 0.6) is 5.75 Å². The average molecular weight is 257 g/mol. The summed E-state index contributed by atoms with van der Waals surface area (Å²) in [5.41, 5.74) is 1.14. The number of oxime groups is 1. The fourth-order valence-electron chi connectivity index (χ4n) is 1.72. The Balaban J connectivity index is 2.17. The number of nitrogens with zero attached hydrogens (tertiary/aromatic N) is 2. The zero-order valence-electron chi connectivity index (χ0n) is 10.1. The van der Waals surface area contributed by atoms with Crippen molar-refractivity contribution in [3.05, 3.63) is 59.9 Å². The first-order valence-electron chi connectivity index (χ1n) is 5.68. The third kappa shape index (κ3) is 3.38. The van der Waals surface area contributed by atoms with Crippen LogP contribution in [0.2, 0.25) is 0 Å². The van der Waals surface area contributed by atoms with E-state index in [0.717, 1.165) is 0 Å². The van der Waals surface area contributed by atoms with Gasteiger partial charge in [-0.15, -0.1) is 0 Å². The molecule has 0 aliphatic heterocycles. The van der Waals surface area contributed by atoms with E-state index in [0.29, 0.717) is 11.1 Å². The largest absolute Gasteiger partial charge is 0.508 e. The number of ketones is 1. The highest BCUT2D eigenvalue weighted by atomic mass is 16.4. The second-order valence-electron chi connectivity index (χ2n) is 4.03. The fourth-order valence-corrected chi connectivity index (χ4v) is 1.72. The van der Waals surface area contributed by atoms with Gasteiger partial charge in [0.05, 0.1) is 11.8 Å². The Morgan fingerprint density at radius 1 is 1.32 bits per heavy atom. The van der Waals surface area contributed by atoms with Gasteiger partial charge in [0.15, 0.2) is 12.4 Å². The summed E-state index contributed by atoms with van der Waals surface area (Å²) in [6.07, 6.45) is 4.73. The molecule has 0 bridgehead atoms. The van der Waals surface area contributed by atoms with Crippen LogP contribution in [-0.2, 0) is 6.54 Å². The number of carbonyl (C=O) groups is 1. The monoisotopic (exact) mass is 257 g/mol. The molecule has 1 aromatic carbocycles. The lowest BCUT2D eigenvalue weighted by molar-refractivity contribution is -0.683. The third-order valence-corrected chi connectivity index (χ3v) is 2.58. The minimum atomic E-state index is -0.112. The van der Waals surface area contributed by atoms with Crippen molar-refractivity contribution in [3.63, 3.8) is 0 Å².